The number of nitrogen functional groups attached to an aromatic ring is 1. The summed E-state index contributed by atoms with van der Waals surface area (Å²) in [5, 5.41) is 18.6. The van der Waals surface area contributed by atoms with Crippen molar-refractivity contribution in [2.75, 3.05) is 73.2 Å². The van der Waals surface area contributed by atoms with Gasteiger partial charge in [0, 0.05) is 73.1 Å². The van der Waals surface area contributed by atoms with Crippen LogP contribution in [0.4, 0.5) is 29.5 Å². The molecular weight excluding hydrogens is 695 g/mol. The zero-order valence-corrected chi connectivity index (χ0v) is 28.7. The molecule has 0 saturated carbocycles. The number of nitrogens with two attached hydrogens (primary N) is 3. The molecule has 4 aromatic rings. The normalized spacial score (nSPS) is 16.5. The molecule has 49 heavy (non-hydrogen) atoms. The molecule has 2 amide bonds. The van der Waals surface area contributed by atoms with E-state index >= 15 is 0 Å². The first kappa shape index (κ1) is 34.5. The van der Waals surface area contributed by atoms with Gasteiger partial charge in [-0.2, -0.15) is 9.97 Å². The second-order valence-electron chi connectivity index (χ2n) is 11.9. The number of aromatic nitrogens is 6. The van der Waals surface area contributed by atoms with E-state index in [2.05, 4.69) is 35.7 Å². The first-order valence-electron chi connectivity index (χ1n) is 15.7. The fourth-order valence-corrected chi connectivity index (χ4v) is 6.59. The van der Waals surface area contributed by atoms with Crippen molar-refractivity contribution in [2.24, 2.45) is 11.5 Å². The van der Waals surface area contributed by atoms with E-state index in [9.17, 15) is 9.59 Å². The highest BCUT2D eigenvalue weighted by Crippen LogP contribution is 2.26. The standard InChI is InChI=1S/C30H37Cl3N14O2/c31-19-3-1-17(21(32)15-19)13-23(34)25(48)45-7-11-47(12-8-45)30-39-28(41-43-30)37-20-4-2-18(22(33)16-20)14-24(35)26(49)44-5-9-46(10-6-44)29-38-27(36)40-42-29/h1-4,15-16,23-24H,5-14,34-35H2,(H3,36,38,40,42)(H2,37,39,41,43)/t23-,24-/m0/s1. The molecule has 2 fully saturated rings. The Kier molecular flexibility index (Phi) is 10.6. The summed E-state index contributed by atoms with van der Waals surface area (Å²) >= 11 is 18.8. The molecular formula is C30H37Cl3N14O2. The van der Waals surface area contributed by atoms with Gasteiger partial charge in [0.2, 0.25) is 35.6 Å². The van der Waals surface area contributed by atoms with Crippen molar-refractivity contribution in [2.45, 2.75) is 24.9 Å². The Hall–Kier alpha value is -4.35. The van der Waals surface area contributed by atoms with E-state index < -0.39 is 12.1 Å². The molecule has 9 N–H and O–H groups in total. The van der Waals surface area contributed by atoms with Crippen LogP contribution in [0.5, 0.6) is 0 Å². The maximum absolute atomic E-state index is 13.1. The number of halogens is 3. The average molecular weight is 732 g/mol. The van der Waals surface area contributed by atoms with Gasteiger partial charge < -0.3 is 42.1 Å². The van der Waals surface area contributed by atoms with Gasteiger partial charge in [0.15, 0.2) is 0 Å². The minimum atomic E-state index is -0.743. The minimum Gasteiger partial charge on any atom is -0.368 e. The van der Waals surface area contributed by atoms with Crippen LogP contribution in [0.15, 0.2) is 36.4 Å². The van der Waals surface area contributed by atoms with Crippen molar-refractivity contribution in [1.29, 1.82) is 0 Å². The van der Waals surface area contributed by atoms with Gasteiger partial charge in [-0.1, -0.05) is 46.9 Å². The number of anilines is 5. The lowest BCUT2D eigenvalue weighted by molar-refractivity contribution is -0.133. The number of H-pyrrole nitrogens is 2. The van der Waals surface area contributed by atoms with Crippen molar-refractivity contribution in [3.05, 3.63) is 62.6 Å². The number of nitrogens with one attached hydrogen (secondary N) is 3. The molecule has 0 spiro atoms. The number of carbonyl (C=O) groups excluding carboxylic acids is 2. The molecule has 0 bridgehead atoms. The quantitative estimate of drug-likeness (QED) is 0.137. The first-order chi connectivity index (χ1) is 23.5. The molecule has 2 aliphatic rings. The molecule has 19 heteroatoms. The SMILES string of the molecule is Nc1nc(N2CCN(C(=O)[C@@H](N)Cc3ccc(Nc4nc(N5CCN(C(=O)[C@@H](N)Cc6ccc(Cl)cc6Cl)CC5)n[nH]4)cc3Cl)CC2)n[nH]1. The van der Waals surface area contributed by atoms with Crippen molar-refractivity contribution in [3.63, 3.8) is 0 Å². The van der Waals surface area contributed by atoms with Crippen LogP contribution in [0.1, 0.15) is 11.1 Å². The second-order valence-corrected chi connectivity index (χ2v) is 13.2. The fraction of sp³-hybridized carbons (Fsp3) is 0.400. The maximum atomic E-state index is 13.1. The first-order valence-corrected chi connectivity index (χ1v) is 16.9. The van der Waals surface area contributed by atoms with Gasteiger partial charge in [-0.25, -0.2) is 10.2 Å². The predicted octanol–water partition coefficient (Wildman–Crippen LogP) is 1.65. The third kappa shape index (κ3) is 8.28. The Balaban J connectivity index is 0.963. The Labute approximate surface area is 297 Å². The van der Waals surface area contributed by atoms with E-state index in [0.29, 0.717) is 97.4 Å². The Morgan fingerprint density at radius 3 is 1.76 bits per heavy atom. The van der Waals surface area contributed by atoms with E-state index in [4.69, 9.17) is 52.0 Å². The van der Waals surface area contributed by atoms with E-state index in [0.717, 1.165) is 11.1 Å². The van der Waals surface area contributed by atoms with Gasteiger partial charge >= 0.3 is 0 Å². The van der Waals surface area contributed by atoms with Crippen LogP contribution >= 0.6 is 34.8 Å². The summed E-state index contributed by atoms with van der Waals surface area (Å²) in [5.41, 5.74) is 20.4. The molecule has 4 heterocycles. The van der Waals surface area contributed by atoms with E-state index in [1.54, 1.807) is 34.1 Å². The molecule has 2 saturated heterocycles. The highest BCUT2D eigenvalue weighted by Gasteiger charge is 2.29. The largest absolute Gasteiger partial charge is 0.368 e. The molecule has 0 aliphatic carbocycles. The lowest BCUT2D eigenvalue weighted by atomic mass is 10.0. The van der Waals surface area contributed by atoms with Crippen molar-refractivity contribution in [3.8, 4) is 0 Å². The van der Waals surface area contributed by atoms with Crippen LogP contribution in [-0.2, 0) is 22.4 Å². The van der Waals surface area contributed by atoms with Gasteiger partial charge in [-0.05, 0) is 48.2 Å². The van der Waals surface area contributed by atoms with Crippen LogP contribution in [0, 0.1) is 0 Å². The smallest absolute Gasteiger partial charge is 0.246 e. The number of aromatic amines is 2. The summed E-state index contributed by atoms with van der Waals surface area (Å²) in [6.07, 6.45) is 0.609. The number of benzene rings is 2. The maximum Gasteiger partial charge on any atom is 0.246 e. The summed E-state index contributed by atoms with van der Waals surface area (Å²) in [7, 11) is 0. The molecule has 0 radical (unpaired) electrons. The Morgan fingerprint density at radius 2 is 1.24 bits per heavy atom. The highest BCUT2D eigenvalue weighted by atomic mass is 35.5. The van der Waals surface area contributed by atoms with Crippen LogP contribution in [0.2, 0.25) is 15.1 Å². The number of carbonyl (C=O) groups is 2. The van der Waals surface area contributed by atoms with Crippen molar-refractivity contribution in [1.82, 2.24) is 40.2 Å². The molecule has 260 valence electrons. The minimum absolute atomic E-state index is 0.137. The summed E-state index contributed by atoms with van der Waals surface area (Å²) in [6.45, 7) is 4.20. The number of amides is 2. The zero-order chi connectivity index (χ0) is 34.7. The number of hydrogen-bond acceptors (Lipinski definition) is 12. The van der Waals surface area contributed by atoms with Gasteiger partial charge in [0.05, 0.1) is 12.1 Å². The molecule has 2 atom stereocenters. The second kappa shape index (κ2) is 15.0. The molecule has 16 nitrogen and oxygen atoms in total. The molecule has 0 unspecified atom stereocenters. The van der Waals surface area contributed by atoms with Gasteiger partial charge in [-0.3, -0.25) is 9.59 Å². The van der Waals surface area contributed by atoms with Crippen LogP contribution < -0.4 is 32.3 Å². The fourth-order valence-electron chi connectivity index (χ4n) is 5.84. The summed E-state index contributed by atoms with van der Waals surface area (Å²) in [6, 6.07) is 9.13. The summed E-state index contributed by atoms with van der Waals surface area (Å²) < 4.78 is 0. The number of hydrogen-bond donors (Lipinski definition) is 6. The summed E-state index contributed by atoms with van der Waals surface area (Å²) in [5.74, 6) is 1.42. The Bertz CT molecular complexity index is 1780. The van der Waals surface area contributed by atoms with Gasteiger partial charge in [-0.15, -0.1) is 10.2 Å². The molecule has 2 aromatic heterocycles. The predicted molar refractivity (Wildman–Crippen MR) is 189 cm³/mol. The zero-order valence-electron chi connectivity index (χ0n) is 26.5. The van der Waals surface area contributed by atoms with Crippen LogP contribution in [0.25, 0.3) is 0 Å². The monoisotopic (exact) mass is 730 g/mol. The lowest BCUT2D eigenvalue weighted by Gasteiger charge is -2.35. The lowest BCUT2D eigenvalue weighted by Crippen LogP contribution is -2.54. The number of rotatable bonds is 10. The third-order valence-corrected chi connectivity index (χ3v) is 9.50. The topological polar surface area (TPSA) is 220 Å². The van der Waals surface area contributed by atoms with Gasteiger partial charge in [0.25, 0.3) is 0 Å². The van der Waals surface area contributed by atoms with E-state index in [1.807, 2.05) is 21.9 Å². The van der Waals surface area contributed by atoms with Crippen LogP contribution in [0.3, 0.4) is 0 Å². The third-order valence-electron chi connectivity index (χ3n) is 8.56. The Morgan fingerprint density at radius 1 is 0.735 bits per heavy atom. The van der Waals surface area contributed by atoms with Gasteiger partial charge in [0.1, 0.15) is 0 Å². The number of piperazine rings is 2. The van der Waals surface area contributed by atoms with Crippen molar-refractivity contribution < 1.29 is 9.59 Å². The number of nitrogens with zero attached hydrogens (tertiary/aromatic N) is 8. The molecule has 2 aromatic carbocycles. The highest BCUT2D eigenvalue weighted by molar-refractivity contribution is 6.35. The van der Waals surface area contributed by atoms with Crippen molar-refractivity contribution >= 4 is 76.1 Å². The summed E-state index contributed by atoms with van der Waals surface area (Å²) in [4.78, 5) is 42.3. The average Bonchev–Trinajstić information content (AvgIpc) is 3.75. The van der Waals surface area contributed by atoms with Crippen LogP contribution in [-0.4, -0.2) is 116 Å². The molecule has 6 rings (SSSR count). The van der Waals surface area contributed by atoms with E-state index in [1.165, 1.54) is 0 Å². The van der Waals surface area contributed by atoms with E-state index in [-0.39, 0.29) is 24.2 Å². The molecule has 2 aliphatic heterocycles.